The van der Waals surface area contributed by atoms with Crippen molar-refractivity contribution >= 4 is 11.6 Å². The molecule has 4 aliphatic carbocycles. The molecule has 3 heteroatoms. The summed E-state index contributed by atoms with van der Waals surface area (Å²) >= 11 is 0. The lowest BCUT2D eigenvalue weighted by molar-refractivity contribution is -0.174. The first-order chi connectivity index (χ1) is 10.8. The highest BCUT2D eigenvalue weighted by Crippen LogP contribution is 2.73. The van der Waals surface area contributed by atoms with Gasteiger partial charge in [-0.25, -0.2) is 0 Å². The molecule has 2 fully saturated rings. The van der Waals surface area contributed by atoms with E-state index in [9.17, 15) is 14.7 Å². The number of Topliss-reactive ketones (excluding diaryl/α,β-unsaturated/α-hetero) is 2. The third kappa shape index (κ3) is 1.39. The van der Waals surface area contributed by atoms with Crippen LogP contribution in [0.3, 0.4) is 0 Å². The van der Waals surface area contributed by atoms with E-state index >= 15 is 0 Å². The van der Waals surface area contributed by atoms with Crippen molar-refractivity contribution in [2.45, 2.75) is 53.4 Å². The molecular formula is C20H26O3. The molecule has 3 nitrogen and oxygen atoms in total. The summed E-state index contributed by atoms with van der Waals surface area (Å²) in [6.07, 6.45) is 5.90. The normalized spacial score (nSPS) is 49.0. The molecule has 0 aromatic heterocycles. The van der Waals surface area contributed by atoms with E-state index in [0.29, 0.717) is 17.9 Å². The monoisotopic (exact) mass is 314 g/mol. The fraction of sp³-hybridized carbons (Fsp3) is 0.700. The van der Waals surface area contributed by atoms with Crippen LogP contribution in [0.15, 0.2) is 23.0 Å². The number of hydrogen-bond donors (Lipinski definition) is 1. The molecule has 1 N–H and O–H groups in total. The van der Waals surface area contributed by atoms with Gasteiger partial charge in [-0.2, -0.15) is 0 Å². The minimum absolute atomic E-state index is 0.0595. The highest BCUT2D eigenvalue weighted by atomic mass is 16.3. The van der Waals surface area contributed by atoms with Crippen LogP contribution in [0.5, 0.6) is 0 Å². The fourth-order valence-electron chi connectivity index (χ4n) is 6.92. The zero-order valence-corrected chi connectivity index (χ0v) is 14.5. The largest absolute Gasteiger partial charge is 0.504 e. The molecule has 6 atom stereocenters. The van der Waals surface area contributed by atoms with Crippen LogP contribution in [0.2, 0.25) is 0 Å². The number of aliphatic hydroxyl groups excluding tert-OH is 1. The van der Waals surface area contributed by atoms with E-state index in [4.69, 9.17) is 0 Å². The Hall–Kier alpha value is -1.38. The molecule has 0 aromatic carbocycles. The van der Waals surface area contributed by atoms with Crippen LogP contribution in [-0.2, 0) is 9.59 Å². The van der Waals surface area contributed by atoms with Gasteiger partial charge in [0.15, 0.2) is 11.5 Å². The smallest absolute Gasteiger partial charge is 0.205 e. The quantitative estimate of drug-likeness (QED) is 0.688. The van der Waals surface area contributed by atoms with E-state index in [1.807, 2.05) is 0 Å². The van der Waals surface area contributed by atoms with Gasteiger partial charge in [0.2, 0.25) is 5.78 Å². The molecule has 4 aliphatic rings. The Morgan fingerprint density at radius 2 is 1.83 bits per heavy atom. The van der Waals surface area contributed by atoms with Gasteiger partial charge in [-0.1, -0.05) is 25.5 Å². The summed E-state index contributed by atoms with van der Waals surface area (Å²) in [6, 6.07) is 0. The van der Waals surface area contributed by atoms with Crippen molar-refractivity contribution in [2.24, 2.45) is 34.5 Å². The van der Waals surface area contributed by atoms with E-state index in [1.165, 1.54) is 5.57 Å². The summed E-state index contributed by atoms with van der Waals surface area (Å²) in [4.78, 5) is 26.9. The highest BCUT2D eigenvalue weighted by Gasteiger charge is 2.76. The van der Waals surface area contributed by atoms with Gasteiger partial charge in [0.25, 0.3) is 0 Å². The van der Waals surface area contributed by atoms with Crippen molar-refractivity contribution in [3.8, 4) is 0 Å². The van der Waals surface area contributed by atoms with E-state index in [0.717, 1.165) is 19.3 Å². The first-order valence-corrected chi connectivity index (χ1v) is 8.95. The second-order valence-electron chi connectivity index (χ2n) is 8.57. The average Bonchev–Trinajstić information content (AvgIpc) is 2.79. The zero-order chi connectivity index (χ0) is 16.7. The van der Waals surface area contributed by atoms with Gasteiger partial charge in [0, 0.05) is 5.57 Å². The van der Waals surface area contributed by atoms with E-state index in [1.54, 1.807) is 6.92 Å². The van der Waals surface area contributed by atoms with Gasteiger partial charge in [0.1, 0.15) is 0 Å². The number of allylic oxidation sites excluding steroid dienone is 4. The number of aliphatic hydroxyl groups is 1. The van der Waals surface area contributed by atoms with Crippen LogP contribution in [0, 0.1) is 34.5 Å². The Bertz CT molecular complexity index is 685. The SMILES string of the molecule is CC1=C[C@@H]2C[C@H](C)[C@H]3CC[C@H](C)[C@@]4(C1)C(=O)C(O)=C(C)C(=O)[C@]234. The van der Waals surface area contributed by atoms with Crippen LogP contribution in [0.25, 0.3) is 0 Å². The molecule has 1 spiro atoms. The predicted octanol–water partition coefficient (Wildman–Crippen LogP) is 4.00. The van der Waals surface area contributed by atoms with Crippen molar-refractivity contribution in [3.63, 3.8) is 0 Å². The Balaban J connectivity index is 2.10. The molecule has 0 aliphatic heterocycles. The molecule has 0 radical (unpaired) electrons. The van der Waals surface area contributed by atoms with Crippen LogP contribution in [0.4, 0.5) is 0 Å². The zero-order valence-electron chi connectivity index (χ0n) is 14.5. The molecule has 4 rings (SSSR count). The maximum absolute atomic E-state index is 13.5. The molecule has 124 valence electrons. The second kappa shape index (κ2) is 4.37. The maximum atomic E-state index is 13.5. The third-order valence-corrected chi connectivity index (χ3v) is 7.71. The fourth-order valence-corrected chi connectivity index (χ4v) is 6.92. The standard InChI is InChI=1S/C20H26O3/c1-10-7-14-8-11(2)15-6-5-12(3)19(9-10)18(23)16(21)13(4)17(22)20(14,15)19/h7,11-12,14-15,21H,5-6,8-9H2,1-4H3/t11-,12-,14+,15+,19-,20-/m0/s1. The third-order valence-electron chi connectivity index (χ3n) is 7.71. The molecular weight excluding hydrogens is 288 g/mol. The lowest BCUT2D eigenvalue weighted by Gasteiger charge is -2.62. The Labute approximate surface area is 137 Å². The van der Waals surface area contributed by atoms with Gasteiger partial charge in [-0.15, -0.1) is 0 Å². The lowest BCUT2D eigenvalue weighted by atomic mass is 9.38. The Morgan fingerprint density at radius 3 is 2.52 bits per heavy atom. The number of carbonyl (C=O) groups excluding carboxylic acids is 2. The average molecular weight is 314 g/mol. The number of hydrogen-bond acceptors (Lipinski definition) is 3. The van der Waals surface area contributed by atoms with Crippen molar-refractivity contribution in [1.82, 2.24) is 0 Å². The van der Waals surface area contributed by atoms with Crippen LogP contribution < -0.4 is 0 Å². The van der Waals surface area contributed by atoms with E-state index in [-0.39, 0.29) is 35.1 Å². The van der Waals surface area contributed by atoms with Crippen LogP contribution in [-0.4, -0.2) is 16.7 Å². The Morgan fingerprint density at radius 1 is 1.13 bits per heavy atom. The molecule has 2 saturated carbocycles. The Kier molecular flexibility index (Phi) is 2.88. The summed E-state index contributed by atoms with van der Waals surface area (Å²) in [6.45, 7) is 8.09. The number of rotatable bonds is 0. The van der Waals surface area contributed by atoms with Crippen molar-refractivity contribution in [1.29, 1.82) is 0 Å². The van der Waals surface area contributed by atoms with Crippen molar-refractivity contribution in [3.05, 3.63) is 23.0 Å². The molecule has 0 unspecified atom stereocenters. The summed E-state index contributed by atoms with van der Waals surface area (Å²) in [5, 5.41) is 10.4. The molecule has 0 heterocycles. The molecule has 0 bridgehead atoms. The van der Waals surface area contributed by atoms with Crippen molar-refractivity contribution in [2.75, 3.05) is 0 Å². The molecule has 0 aromatic rings. The van der Waals surface area contributed by atoms with Crippen LogP contribution >= 0.6 is 0 Å². The van der Waals surface area contributed by atoms with Crippen molar-refractivity contribution < 1.29 is 14.7 Å². The number of ketones is 2. The van der Waals surface area contributed by atoms with Gasteiger partial charge in [-0.3, -0.25) is 9.59 Å². The van der Waals surface area contributed by atoms with Gasteiger partial charge in [0.05, 0.1) is 10.8 Å². The highest BCUT2D eigenvalue weighted by molar-refractivity contribution is 6.17. The van der Waals surface area contributed by atoms with Gasteiger partial charge in [-0.05, 0) is 63.2 Å². The molecule has 0 saturated heterocycles. The van der Waals surface area contributed by atoms with Gasteiger partial charge >= 0.3 is 0 Å². The minimum Gasteiger partial charge on any atom is -0.504 e. The maximum Gasteiger partial charge on any atom is 0.205 e. The number of carbonyl (C=O) groups is 2. The van der Waals surface area contributed by atoms with E-state index < -0.39 is 10.8 Å². The van der Waals surface area contributed by atoms with Gasteiger partial charge < -0.3 is 5.11 Å². The summed E-state index contributed by atoms with van der Waals surface area (Å²) in [5.74, 6) is 0.662. The first kappa shape index (κ1) is 15.2. The van der Waals surface area contributed by atoms with Crippen LogP contribution in [0.1, 0.15) is 53.4 Å². The molecule has 0 amide bonds. The van der Waals surface area contributed by atoms with E-state index in [2.05, 4.69) is 26.8 Å². The topological polar surface area (TPSA) is 54.4 Å². The first-order valence-electron chi connectivity index (χ1n) is 8.95. The molecule has 23 heavy (non-hydrogen) atoms. The lowest BCUT2D eigenvalue weighted by Crippen LogP contribution is -2.66. The summed E-state index contributed by atoms with van der Waals surface area (Å²) in [7, 11) is 0. The summed E-state index contributed by atoms with van der Waals surface area (Å²) < 4.78 is 0. The minimum atomic E-state index is -0.717. The summed E-state index contributed by atoms with van der Waals surface area (Å²) in [5.41, 5.74) is 0.194. The second-order valence-corrected chi connectivity index (χ2v) is 8.57. The predicted molar refractivity (Wildman–Crippen MR) is 87.7 cm³/mol.